The fourth-order valence-electron chi connectivity index (χ4n) is 1.91. The zero-order valence-electron chi connectivity index (χ0n) is 12.5. The Morgan fingerprint density at radius 2 is 2.05 bits per heavy atom. The topological polar surface area (TPSA) is 76.4 Å². The summed E-state index contributed by atoms with van der Waals surface area (Å²) in [5.41, 5.74) is 6.40. The predicted molar refractivity (Wildman–Crippen MR) is 85.9 cm³/mol. The molecule has 0 spiro atoms. The molecule has 1 rings (SSSR count). The molecule has 0 fully saturated rings. The monoisotopic (exact) mass is 299 g/mol. The number of ether oxygens (including phenoxy) is 1. The molecule has 114 valence electrons. The second-order valence-electron chi connectivity index (χ2n) is 4.55. The molecule has 1 aromatic rings. The molecular formula is C14H25N3O2S. The van der Waals surface area contributed by atoms with E-state index in [0.29, 0.717) is 22.9 Å². The number of anilines is 2. The molecule has 0 unspecified atom stereocenters. The average molecular weight is 299 g/mol. The number of carbonyl (C=O) groups excluding carboxylic acids is 1. The summed E-state index contributed by atoms with van der Waals surface area (Å²) in [6, 6.07) is 0. The zero-order valence-corrected chi connectivity index (χ0v) is 13.4. The molecule has 0 bridgehead atoms. The first kappa shape index (κ1) is 16.6. The number of carbonyl (C=O) groups is 1. The van der Waals surface area contributed by atoms with Crippen LogP contribution in [0.3, 0.4) is 0 Å². The van der Waals surface area contributed by atoms with E-state index in [2.05, 4.69) is 17.6 Å². The minimum atomic E-state index is -0.146. The first-order valence-electron chi connectivity index (χ1n) is 7.13. The van der Waals surface area contributed by atoms with E-state index in [1.54, 1.807) is 7.11 Å². The molecule has 20 heavy (non-hydrogen) atoms. The van der Waals surface area contributed by atoms with Gasteiger partial charge in [0.1, 0.15) is 15.6 Å². The molecule has 0 aliphatic carbocycles. The molecule has 0 radical (unpaired) electrons. The van der Waals surface area contributed by atoms with Crippen molar-refractivity contribution in [3.63, 3.8) is 0 Å². The SMILES string of the molecule is CCCCCCNc1sc(C(=O)NCC)c(N)c1OC. The summed E-state index contributed by atoms with van der Waals surface area (Å²) in [7, 11) is 1.57. The van der Waals surface area contributed by atoms with Crippen molar-refractivity contribution in [2.24, 2.45) is 0 Å². The van der Waals surface area contributed by atoms with Gasteiger partial charge in [0.25, 0.3) is 5.91 Å². The van der Waals surface area contributed by atoms with Crippen LogP contribution in [0.25, 0.3) is 0 Å². The van der Waals surface area contributed by atoms with E-state index in [1.165, 1.54) is 30.6 Å². The molecule has 1 heterocycles. The summed E-state index contributed by atoms with van der Waals surface area (Å²) >= 11 is 1.35. The van der Waals surface area contributed by atoms with Crippen molar-refractivity contribution in [1.82, 2.24) is 5.32 Å². The number of hydrogen-bond acceptors (Lipinski definition) is 5. The smallest absolute Gasteiger partial charge is 0.263 e. The Kier molecular flexibility index (Phi) is 7.22. The number of thiophene rings is 1. The summed E-state index contributed by atoms with van der Waals surface area (Å²) in [6.45, 7) is 5.52. The molecule has 0 aliphatic heterocycles. The van der Waals surface area contributed by atoms with Gasteiger partial charge in [-0.2, -0.15) is 0 Å². The van der Waals surface area contributed by atoms with Crippen LogP contribution in [-0.2, 0) is 0 Å². The molecule has 0 saturated heterocycles. The van der Waals surface area contributed by atoms with Crippen molar-refractivity contribution >= 4 is 27.9 Å². The van der Waals surface area contributed by atoms with Gasteiger partial charge in [-0.25, -0.2) is 0 Å². The van der Waals surface area contributed by atoms with Crippen LogP contribution in [0.4, 0.5) is 10.7 Å². The predicted octanol–water partition coefficient (Wildman–Crippen LogP) is 3.08. The van der Waals surface area contributed by atoms with Crippen LogP contribution < -0.4 is 21.1 Å². The van der Waals surface area contributed by atoms with E-state index < -0.39 is 0 Å². The lowest BCUT2D eigenvalue weighted by Crippen LogP contribution is -2.22. The lowest BCUT2D eigenvalue weighted by atomic mass is 10.2. The molecular weight excluding hydrogens is 274 g/mol. The van der Waals surface area contributed by atoms with Gasteiger partial charge in [-0.15, -0.1) is 11.3 Å². The molecule has 6 heteroatoms. The van der Waals surface area contributed by atoms with Crippen LogP contribution in [0.1, 0.15) is 49.2 Å². The van der Waals surface area contributed by atoms with E-state index in [9.17, 15) is 4.79 Å². The first-order valence-corrected chi connectivity index (χ1v) is 7.95. The van der Waals surface area contributed by atoms with Crippen LogP contribution in [0.5, 0.6) is 5.75 Å². The fraction of sp³-hybridized carbons (Fsp3) is 0.643. The molecule has 0 atom stereocenters. The number of amides is 1. The van der Waals surface area contributed by atoms with Crippen molar-refractivity contribution in [2.75, 3.05) is 31.2 Å². The molecule has 4 N–H and O–H groups in total. The quantitative estimate of drug-likeness (QED) is 0.612. The number of unbranched alkanes of at least 4 members (excludes halogenated alkanes) is 3. The van der Waals surface area contributed by atoms with Gasteiger partial charge in [0.05, 0.1) is 7.11 Å². The number of rotatable bonds is 9. The van der Waals surface area contributed by atoms with E-state index in [1.807, 2.05) is 6.92 Å². The van der Waals surface area contributed by atoms with Crippen LogP contribution in [0.2, 0.25) is 0 Å². The third kappa shape index (κ3) is 4.30. The van der Waals surface area contributed by atoms with Crippen molar-refractivity contribution < 1.29 is 9.53 Å². The standard InChI is InChI=1S/C14H25N3O2S/c1-4-6-7-8-9-17-14-11(19-3)10(15)12(20-14)13(18)16-5-2/h17H,4-9,15H2,1-3H3,(H,16,18). The Bertz CT molecular complexity index is 432. The van der Waals surface area contributed by atoms with E-state index >= 15 is 0 Å². The van der Waals surface area contributed by atoms with Crippen molar-refractivity contribution in [3.05, 3.63) is 4.88 Å². The maximum Gasteiger partial charge on any atom is 0.263 e. The van der Waals surface area contributed by atoms with Gasteiger partial charge in [-0.1, -0.05) is 26.2 Å². The molecule has 0 aromatic carbocycles. The second-order valence-corrected chi connectivity index (χ2v) is 5.57. The van der Waals surface area contributed by atoms with Crippen molar-refractivity contribution in [1.29, 1.82) is 0 Å². The molecule has 0 aliphatic rings. The number of nitrogens with two attached hydrogens (primary N) is 1. The maximum absolute atomic E-state index is 11.9. The van der Waals surface area contributed by atoms with Gasteiger partial charge in [0, 0.05) is 13.1 Å². The Morgan fingerprint density at radius 1 is 1.30 bits per heavy atom. The highest BCUT2D eigenvalue weighted by Gasteiger charge is 2.21. The normalized spacial score (nSPS) is 10.3. The second kappa shape index (κ2) is 8.68. The Balaban J connectivity index is 2.70. The van der Waals surface area contributed by atoms with E-state index in [0.717, 1.165) is 18.0 Å². The number of nitrogens with one attached hydrogen (secondary N) is 2. The Hall–Kier alpha value is -1.43. The summed E-state index contributed by atoms with van der Waals surface area (Å²) in [6.07, 6.45) is 4.77. The molecule has 1 aromatic heterocycles. The largest absolute Gasteiger partial charge is 0.492 e. The zero-order chi connectivity index (χ0) is 15.0. The Morgan fingerprint density at radius 3 is 2.65 bits per heavy atom. The average Bonchev–Trinajstić information content (AvgIpc) is 2.75. The van der Waals surface area contributed by atoms with E-state index in [-0.39, 0.29) is 5.91 Å². The lowest BCUT2D eigenvalue weighted by molar-refractivity contribution is 0.0960. The highest BCUT2D eigenvalue weighted by molar-refractivity contribution is 7.19. The van der Waals surface area contributed by atoms with Crippen LogP contribution in [-0.4, -0.2) is 26.1 Å². The highest BCUT2D eigenvalue weighted by atomic mass is 32.1. The van der Waals surface area contributed by atoms with Crippen LogP contribution in [0.15, 0.2) is 0 Å². The van der Waals surface area contributed by atoms with Gasteiger partial charge >= 0.3 is 0 Å². The van der Waals surface area contributed by atoms with E-state index in [4.69, 9.17) is 10.5 Å². The van der Waals surface area contributed by atoms with Gasteiger partial charge in [0.15, 0.2) is 5.75 Å². The van der Waals surface area contributed by atoms with Crippen LogP contribution >= 0.6 is 11.3 Å². The molecule has 5 nitrogen and oxygen atoms in total. The number of hydrogen-bond donors (Lipinski definition) is 3. The summed E-state index contributed by atoms with van der Waals surface area (Å²) in [5.74, 6) is 0.430. The lowest BCUT2D eigenvalue weighted by Gasteiger charge is -2.06. The van der Waals surface area contributed by atoms with Crippen molar-refractivity contribution in [2.45, 2.75) is 39.5 Å². The van der Waals surface area contributed by atoms with Crippen molar-refractivity contribution in [3.8, 4) is 5.75 Å². The number of nitrogen functional groups attached to an aromatic ring is 1. The van der Waals surface area contributed by atoms with Gasteiger partial charge in [-0.3, -0.25) is 4.79 Å². The summed E-state index contributed by atoms with van der Waals surface area (Å²) < 4.78 is 5.31. The summed E-state index contributed by atoms with van der Waals surface area (Å²) in [5, 5.41) is 6.91. The molecule has 0 saturated carbocycles. The molecule has 1 amide bonds. The minimum absolute atomic E-state index is 0.146. The third-order valence-electron chi connectivity index (χ3n) is 2.96. The maximum atomic E-state index is 11.9. The Labute approximate surface area is 124 Å². The number of methoxy groups -OCH3 is 1. The first-order chi connectivity index (χ1) is 9.65. The van der Waals surface area contributed by atoms with Gasteiger partial charge in [0.2, 0.25) is 0 Å². The fourth-order valence-corrected chi connectivity index (χ4v) is 2.94. The van der Waals surface area contributed by atoms with Gasteiger partial charge < -0.3 is 21.1 Å². The minimum Gasteiger partial charge on any atom is -0.492 e. The highest BCUT2D eigenvalue weighted by Crippen LogP contribution is 2.42. The summed E-state index contributed by atoms with van der Waals surface area (Å²) in [4.78, 5) is 12.4. The van der Waals surface area contributed by atoms with Crippen LogP contribution in [0, 0.1) is 0 Å². The van der Waals surface area contributed by atoms with Gasteiger partial charge in [-0.05, 0) is 13.3 Å². The third-order valence-corrected chi connectivity index (χ3v) is 4.11.